The summed E-state index contributed by atoms with van der Waals surface area (Å²) in [6, 6.07) is 11.7. The Kier molecular flexibility index (Phi) is 2.99. The van der Waals surface area contributed by atoms with E-state index in [1.807, 2.05) is 30.5 Å². The minimum Gasteiger partial charge on any atom is -0.361 e. The first-order valence-electron chi connectivity index (χ1n) is 6.28. The lowest BCUT2D eigenvalue weighted by atomic mass is 10.1. The number of aryl methyl sites for hydroxylation is 1. The highest BCUT2D eigenvalue weighted by Crippen LogP contribution is 2.19. The number of rotatable bonds is 2. The fraction of sp³-hybridized carbons (Fsp3) is 0.0625. The molecule has 0 spiro atoms. The van der Waals surface area contributed by atoms with E-state index in [4.69, 9.17) is 0 Å². The smallest absolute Gasteiger partial charge is 0.255 e. The van der Waals surface area contributed by atoms with Crippen LogP contribution in [0.25, 0.3) is 10.9 Å². The van der Waals surface area contributed by atoms with Gasteiger partial charge in [-0.05, 0) is 55.0 Å². The first kappa shape index (κ1) is 12.4. The maximum Gasteiger partial charge on any atom is 0.255 e. The summed E-state index contributed by atoms with van der Waals surface area (Å²) in [4.78, 5) is 15.3. The second-order valence-corrected chi connectivity index (χ2v) is 4.69. The van der Waals surface area contributed by atoms with Crippen LogP contribution in [-0.2, 0) is 0 Å². The van der Waals surface area contributed by atoms with Crippen molar-refractivity contribution in [3.8, 4) is 0 Å². The Hall–Kier alpha value is -2.62. The van der Waals surface area contributed by atoms with E-state index in [9.17, 15) is 9.18 Å². The van der Waals surface area contributed by atoms with Gasteiger partial charge in [-0.1, -0.05) is 0 Å². The molecule has 4 heteroatoms. The zero-order valence-electron chi connectivity index (χ0n) is 10.9. The number of carbonyl (C=O) groups is 1. The molecule has 1 aromatic heterocycles. The van der Waals surface area contributed by atoms with Crippen LogP contribution in [0.1, 0.15) is 15.9 Å². The topological polar surface area (TPSA) is 44.9 Å². The molecule has 0 radical (unpaired) electrons. The maximum atomic E-state index is 13.0. The molecule has 100 valence electrons. The van der Waals surface area contributed by atoms with Crippen LogP contribution in [-0.4, -0.2) is 10.9 Å². The number of nitrogens with one attached hydrogen (secondary N) is 2. The number of hydrogen-bond donors (Lipinski definition) is 2. The minimum absolute atomic E-state index is 0.239. The Morgan fingerprint density at radius 2 is 2.00 bits per heavy atom. The zero-order chi connectivity index (χ0) is 14.1. The van der Waals surface area contributed by atoms with Crippen LogP contribution in [0.2, 0.25) is 0 Å². The normalized spacial score (nSPS) is 10.7. The lowest BCUT2D eigenvalue weighted by molar-refractivity contribution is 0.102. The van der Waals surface area contributed by atoms with Gasteiger partial charge < -0.3 is 10.3 Å². The molecule has 0 aliphatic carbocycles. The zero-order valence-corrected chi connectivity index (χ0v) is 10.9. The van der Waals surface area contributed by atoms with Gasteiger partial charge in [0.2, 0.25) is 0 Å². The number of amides is 1. The lowest BCUT2D eigenvalue weighted by Gasteiger charge is -2.08. The van der Waals surface area contributed by atoms with Crippen molar-refractivity contribution in [1.82, 2.24) is 4.98 Å². The summed E-state index contributed by atoms with van der Waals surface area (Å²) in [6.45, 7) is 1.72. The lowest BCUT2D eigenvalue weighted by Crippen LogP contribution is -2.13. The largest absolute Gasteiger partial charge is 0.361 e. The van der Waals surface area contributed by atoms with Gasteiger partial charge in [-0.3, -0.25) is 4.79 Å². The molecule has 3 aromatic rings. The van der Waals surface area contributed by atoms with Gasteiger partial charge in [0.15, 0.2) is 0 Å². The van der Waals surface area contributed by atoms with Crippen molar-refractivity contribution in [3.05, 3.63) is 65.6 Å². The molecule has 0 atom stereocenters. The molecule has 0 aliphatic rings. The number of carbonyl (C=O) groups excluding carboxylic acids is 1. The number of hydrogen-bond acceptors (Lipinski definition) is 1. The Bertz CT molecular complexity index is 792. The third-order valence-corrected chi connectivity index (χ3v) is 3.24. The molecule has 2 aromatic carbocycles. The van der Waals surface area contributed by atoms with Gasteiger partial charge in [0.05, 0.1) is 0 Å². The highest BCUT2D eigenvalue weighted by atomic mass is 19.1. The molecular weight excluding hydrogens is 255 g/mol. The molecule has 0 saturated heterocycles. The van der Waals surface area contributed by atoms with E-state index in [0.29, 0.717) is 16.8 Å². The van der Waals surface area contributed by atoms with Crippen molar-refractivity contribution in [1.29, 1.82) is 0 Å². The predicted molar refractivity (Wildman–Crippen MR) is 77.4 cm³/mol. The van der Waals surface area contributed by atoms with Crippen LogP contribution < -0.4 is 5.32 Å². The summed E-state index contributed by atoms with van der Waals surface area (Å²) in [7, 11) is 0. The van der Waals surface area contributed by atoms with E-state index in [2.05, 4.69) is 10.3 Å². The number of aromatic nitrogens is 1. The SMILES string of the molecule is Cc1cc(F)ccc1C(=O)Nc1ccc2[nH]ccc2c1. The summed E-state index contributed by atoms with van der Waals surface area (Å²) in [5.41, 5.74) is 2.82. The number of anilines is 1. The highest BCUT2D eigenvalue weighted by Gasteiger charge is 2.10. The molecule has 0 bridgehead atoms. The number of fused-ring (bicyclic) bond motifs is 1. The van der Waals surface area contributed by atoms with Gasteiger partial charge in [-0.2, -0.15) is 0 Å². The van der Waals surface area contributed by atoms with Gasteiger partial charge in [0, 0.05) is 28.4 Å². The van der Waals surface area contributed by atoms with Crippen molar-refractivity contribution in [2.24, 2.45) is 0 Å². The summed E-state index contributed by atoms with van der Waals surface area (Å²) >= 11 is 0. The van der Waals surface area contributed by atoms with E-state index < -0.39 is 0 Å². The highest BCUT2D eigenvalue weighted by molar-refractivity contribution is 6.06. The number of halogens is 1. The molecule has 3 rings (SSSR count). The third-order valence-electron chi connectivity index (χ3n) is 3.24. The van der Waals surface area contributed by atoms with Crippen molar-refractivity contribution in [3.63, 3.8) is 0 Å². The van der Waals surface area contributed by atoms with Gasteiger partial charge in [0.25, 0.3) is 5.91 Å². The molecule has 1 amide bonds. The van der Waals surface area contributed by atoms with E-state index in [1.54, 1.807) is 6.92 Å². The van der Waals surface area contributed by atoms with E-state index >= 15 is 0 Å². The van der Waals surface area contributed by atoms with Gasteiger partial charge >= 0.3 is 0 Å². The van der Waals surface area contributed by atoms with Crippen molar-refractivity contribution in [2.75, 3.05) is 5.32 Å². The average Bonchev–Trinajstić information content (AvgIpc) is 2.85. The monoisotopic (exact) mass is 268 g/mol. The van der Waals surface area contributed by atoms with Crippen LogP contribution in [0, 0.1) is 12.7 Å². The van der Waals surface area contributed by atoms with E-state index in [-0.39, 0.29) is 11.7 Å². The number of aromatic amines is 1. The summed E-state index contributed by atoms with van der Waals surface area (Å²) in [5, 5.41) is 3.85. The molecule has 20 heavy (non-hydrogen) atoms. The molecule has 3 nitrogen and oxygen atoms in total. The minimum atomic E-state index is -0.340. The summed E-state index contributed by atoms with van der Waals surface area (Å²) in [6.07, 6.45) is 1.85. The first-order valence-corrected chi connectivity index (χ1v) is 6.28. The quantitative estimate of drug-likeness (QED) is 0.728. The number of H-pyrrole nitrogens is 1. The van der Waals surface area contributed by atoms with Crippen molar-refractivity contribution >= 4 is 22.5 Å². The molecular formula is C16H13FN2O. The van der Waals surface area contributed by atoms with Crippen LogP contribution in [0.3, 0.4) is 0 Å². The molecule has 0 aliphatic heterocycles. The van der Waals surface area contributed by atoms with Gasteiger partial charge in [-0.25, -0.2) is 4.39 Å². The van der Waals surface area contributed by atoms with Gasteiger partial charge in [0.1, 0.15) is 5.82 Å². The first-order chi connectivity index (χ1) is 9.63. The fourth-order valence-electron chi connectivity index (χ4n) is 2.21. The summed E-state index contributed by atoms with van der Waals surface area (Å²) in [5.74, 6) is -0.579. The number of benzene rings is 2. The van der Waals surface area contributed by atoms with Crippen LogP contribution >= 0.6 is 0 Å². The van der Waals surface area contributed by atoms with E-state index in [1.165, 1.54) is 18.2 Å². The third kappa shape index (κ3) is 2.28. The fourth-order valence-corrected chi connectivity index (χ4v) is 2.21. The Labute approximate surface area is 115 Å². The van der Waals surface area contributed by atoms with Crippen molar-refractivity contribution < 1.29 is 9.18 Å². The Morgan fingerprint density at radius 1 is 1.15 bits per heavy atom. The van der Waals surface area contributed by atoms with Crippen LogP contribution in [0.5, 0.6) is 0 Å². The molecule has 2 N–H and O–H groups in total. The standard InChI is InChI=1S/C16H13FN2O/c1-10-8-12(17)2-4-14(10)16(20)19-13-3-5-15-11(9-13)6-7-18-15/h2-9,18H,1H3,(H,19,20). The van der Waals surface area contributed by atoms with Gasteiger partial charge in [-0.15, -0.1) is 0 Å². The molecule has 0 fully saturated rings. The Balaban J connectivity index is 1.87. The molecule has 0 saturated carbocycles. The molecule has 0 unspecified atom stereocenters. The van der Waals surface area contributed by atoms with Crippen molar-refractivity contribution in [2.45, 2.75) is 6.92 Å². The second kappa shape index (κ2) is 4.81. The average molecular weight is 268 g/mol. The van der Waals surface area contributed by atoms with Crippen LogP contribution in [0.4, 0.5) is 10.1 Å². The van der Waals surface area contributed by atoms with Crippen LogP contribution in [0.15, 0.2) is 48.7 Å². The Morgan fingerprint density at radius 3 is 2.80 bits per heavy atom. The summed E-state index contributed by atoms with van der Waals surface area (Å²) < 4.78 is 13.0. The van der Waals surface area contributed by atoms with E-state index in [0.717, 1.165) is 10.9 Å². The second-order valence-electron chi connectivity index (χ2n) is 4.69. The predicted octanol–water partition coefficient (Wildman–Crippen LogP) is 3.87. The maximum absolute atomic E-state index is 13.0. The molecule has 1 heterocycles.